The second-order valence-electron chi connectivity index (χ2n) is 5.18. The molecule has 0 aromatic carbocycles. The number of aromatic nitrogens is 3. The van der Waals surface area contributed by atoms with Gasteiger partial charge < -0.3 is 20.2 Å². The second kappa shape index (κ2) is 6.53. The third-order valence-corrected chi connectivity index (χ3v) is 3.62. The first-order valence-corrected chi connectivity index (χ1v) is 6.84. The maximum Gasteiger partial charge on any atom is 0.358 e. The van der Waals surface area contributed by atoms with E-state index < -0.39 is 5.97 Å². The number of urea groups is 1. The SMILES string of the molecule is CC1CN(C(=O)NCCn2cc(C(=O)O)nn2)CCN1C. The summed E-state index contributed by atoms with van der Waals surface area (Å²) in [6, 6.07) is 0.242. The van der Waals surface area contributed by atoms with Gasteiger partial charge in [-0.1, -0.05) is 5.21 Å². The number of rotatable bonds is 4. The Balaban J connectivity index is 1.75. The Morgan fingerprint density at radius 3 is 2.86 bits per heavy atom. The van der Waals surface area contributed by atoms with Gasteiger partial charge in [-0.2, -0.15) is 0 Å². The Morgan fingerprint density at radius 1 is 1.48 bits per heavy atom. The molecule has 2 heterocycles. The summed E-state index contributed by atoms with van der Waals surface area (Å²) in [6.45, 7) is 5.12. The van der Waals surface area contributed by atoms with Crippen molar-refractivity contribution in [3.05, 3.63) is 11.9 Å². The predicted molar refractivity (Wildman–Crippen MR) is 74.0 cm³/mol. The molecule has 9 heteroatoms. The van der Waals surface area contributed by atoms with Gasteiger partial charge in [0.1, 0.15) is 0 Å². The van der Waals surface area contributed by atoms with Crippen molar-refractivity contribution in [3.8, 4) is 0 Å². The molecule has 21 heavy (non-hydrogen) atoms. The molecule has 1 atom stereocenters. The number of likely N-dealkylation sites (N-methyl/N-ethyl adjacent to an activating group) is 1. The molecule has 1 aromatic rings. The monoisotopic (exact) mass is 296 g/mol. The molecule has 0 radical (unpaired) electrons. The third-order valence-electron chi connectivity index (χ3n) is 3.62. The zero-order valence-corrected chi connectivity index (χ0v) is 12.2. The summed E-state index contributed by atoms with van der Waals surface area (Å²) < 4.78 is 1.40. The van der Waals surface area contributed by atoms with E-state index in [-0.39, 0.29) is 11.7 Å². The van der Waals surface area contributed by atoms with Crippen LogP contribution in [-0.2, 0) is 6.54 Å². The Hall–Kier alpha value is -2.16. The van der Waals surface area contributed by atoms with Crippen LogP contribution in [0.1, 0.15) is 17.4 Å². The van der Waals surface area contributed by atoms with Crippen LogP contribution in [0.5, 0.6) is 0 Å². The number of aromatic carboxylic acids is 1. The van der Waals surface area contributed by atoms with Gasteiger partial charge in [0.25, 0.3) is 0 Å². The molecule has 0 spiro atoms. The quantitative estimate of drug-likeness (QED) is 0.763. The summed E-state index contributed by atoms with van der Waals surface area (Å²) in [7, 11) is 2.05. The number of hydrogen-bond donors (Lipinski definition) is 2. The van der Waals surface area contributed by atoms with Gasteiger partial charge >= 0.3 is 12.0 Å². The molecule has 9 nitrogen and oxygen atoms in total. The molecule has 2 rings (SSSR count). The highest BCUT2D eigenvalue weighted by Crippen LogP contribution is 2.06. The largest absolute Gasteiger partial charge is 0.476 e. The lowest BCUT2D eigenvalue weighted by Crippen LogP contribution is -2.54. The van der Waals surface area contributed by atoms with Gasteiger partial charge in [0.2, 0.25) is 0 Å². The van der Waals surface area contributed by atoms with E-state index in [9.17, 15) is 9.59 Å². The van der Waals surface area contributed by atoms with Gasteiger partial charge in [0.05, 0.1) is 12.7 Å². The van der Waals surface area contributed by atoms with Crippen LogP contribution in [0.4, 0.5) is 4.79 Å². The van der Waals surface area contributed by atoms with Crippen molar-refractivity contribution >= 4 is 12.0 Å². The lowest BCUT2D eigenvalue weighted by molar-refractivity contribution is 0.0690. The van der Waals surface area contributed by atoms with Gasteiger partial charge in [-0.15, -0.1) is 5.10 Å². The highest BCUT2D eigenvalue weighted by atomic mass is 16.4. The number of carboxylic acids is 1. The van der Waals surface area contributed by atoms with E-state index in [1.165, 1.54) is 10.9 Å². The lowest BCUT2D eigenvalue weighted by atomic mass is 10.2. The normalized spacial score (nSPS) is 19.5. The van der Waals surface area contributed by atoms with Crippen LogP contribution in [0.3, 0.4) is 0 Å². The number of nitrogens with one attached hydrogen (secondary N) is 1. The Morgan fingerprint density at radius 2 is 2.24 bits per heavy atom. The van der Waals surface area contributed by atoms with Crippen molar-refractivity contribution < 1.29 is 14.7 Å². The van der Waals surface area contributed by atoms with Gasteiger partial charge in [0.15, 0.2) is 5.69 Å². The van der Waals surface area contributed by atoms with Crippen LogP contribution in [0.25, 0.3) is 0 Å². The van der Waals surface area contributed by atoms with Crippen LogP contribution < -0.4 is 5.32 Å². The fraction of sp³-hybridized carbons (Fsp3) is 0.667. The van der Waals surface area contributed by atoms with Crippen molar-refractivity contribution in [2.24, 2.45) is 0 Å². The first kappa shape index (κ1) is 15.2. The number of carbonyl (C=O) groups excluding carboxylic acids is 1. The number of hydrogen-bond acceptors (Lipinski definition) is 5. The molecule has 1 unspecified atom stereocenters. The fourth-order valence-electron chi connectivity index (χ4n) is 2.13. The number of carboxylic acid groups (broad SMARTS) is 1. The molecule has 0 bridgehead atoms. The zero-order chi connectivity index (χ0) is 15.4. The molecule has 1 aliphatic rings. The van der Waals surface area contributed by atoms with E-state index in [0.29, 0.717) is 32.2 Å². The van der Waals surface area contributed by atoms with Crippen molar-refractivity contribution in [1.29, 1.82) is 0 Å². The molecule has 116 valence electrons. The van der Waals surface area contributed by atoms with E-state index in [4.69, 9.17) is 5.11 Å². The molecule has 1 fully saturated rings. The summed E-state index contributed by atoms with van der Waals surface area (Å²) in [5, 5.41) is 18.7. The minimum atomic E-state index is -1.11. The molecule has 1 saturated heterocycles. The van der Waals surface area contributed by atoms with Gasteiger partial charge in [0, 0.05) is 32.2 Å². The Labute approximate surface area is 122 Å². The van der Waals surface area contributed by atoms with Crippen LogP contribution >= 0.6 is 0 Å². The van der Waals surface area contributed by atoms with Crippen molar-refractivity contribution in [2.75, 3.05) is 33.2 Å². The Kier molecular flexibility index (Phi) is 4.73. The van der Waals surface area contributed by atoms with Crippen LogP contribution in [0, 0.1) is 0 Å². The van der Waals surface area contributed by atoms with Gasteiger partial charge in [-0.05, 0) is 14.0 Å². The molecular weight excluding hydrogens is 276 g/mol. The van der Waals surface area contributed by atoms with E-state index in [1.54, 1.807) is 4.90 Å². The number of piperazine rings is 1. The van der Waals surface area contributed by atoms with Crippen LogP contribution in [-0.4, -0.2) is 81.2 Å². The standard InChI is InChI=1S/C12H20N6O3/c1-9-7-17(6-5-16(9)2)12(21)13-3-4-18-8-10(11(19)20)14-15-18/h8-9H,3-7H2,1-2H3,(H,13,21)(H,19,20). The summed E-state index contributed by atoms with van der Waals surface area (Å²) in [5.74, 6) is -1.11. The van der Waals surface area contributed by atoms with Gasteiger partial charge in [-0.3, -0.25) is 0 Å². The van der Waals surface area contributed by atoms with E-state index >= 15 is 0 Å². The number of amides is 2. The average Bonchev–Trinajstić information content (AvgIpc) is 2.91. The van der Waals surface area contributed by atoms with E-state index in [2.05, 4.69) is 27.5 Å². The molecule has 2 N–H and O–H groups in total. The highest BCUT2D eigenvalue weighted by Gasteiger charge is 2.23. The average molecular weight is 296 g/mol. The number of carbonyl (C=O) groups is 2. The summed E-state index contributed by atoms with van der Waals surface area (Å²) in [5.41, 5.74) is -0.103. The topological polar surface area (TPSA) is 104 Å². The summed E-state index contributed by atoms with van der Waals surface area (Å²) in [4.78, 5) is 26.7. The van der Waals surface area contributed by atoms with Crippen molar-refractivity contribution in [3.63, 3.8) is 0 Å². The minimum Gasteiger partial charge on any atom is -0.476 e. The maximum atomic E-state index is 12.0. The van der Waals surface area contributed by atoms with Crippen molar-refractivity contribution in [1.82, 2.24) is 30.1 Å². The summed E-state index contributed by atoms with van der Waals surface area (Å²) >= 11 is 0. The molecule has 0 aliphatic carbocycles. The summed E-state index contributed by atoms with van der Waals surface area (Å²) in [6.07, 6.45) is 1.34. The highest BCUT2D eigenvalue weighted by molar-refractivity contribution is 5.84. The van der Waals surface area contributed by atoms with E-state index in [1.807, 2.05) is 7.05 Å². The molecular formula is C12H20N6O3. The first-order chi connectivity index (χ1) is 9.97. The molecule has 1 aromatic heterocycles. The van der Waals surface area contributed by atoms with Crippen LogP contribution in [0.2, 0.25) is 0 Å². The predicted octanol–water partition coefficient (Wildman–Crippen LogP) is -0.678. The van der Waals surface area contributed by atoms with Crippen LogP contribution in [0.15, 0.2) is 6.20 Å². The van der Waals surface area contributed by atoms with E-state index in [0.717, 1.165) is 6.54 Å². The fourth-order valence-corrected chi connectivity index (χ4v) is 2.13. The second-order valence-corrected chi connectivity index (χ2v) is 5.18. The van der Waals surface area contributed by atoms with Crippen molar-refractivity contribution in [2.45, 2.75) is 19.5 Å². The minimum absolute atomic E-state index is 0.103. The molecule has 0 saturated carbocycles. The smallest absolute Gasteiger partial charge is 0.358 e. The maximum absolute atomic E-state index is 12.0. The zero-order valence-electron chi connectivity index (χ0n) is 12.2. The third kappa shape index (κ3) is 3.91. The lowest BCUT2D eigenvalue weighted by Gasteiger charge is -2.37. The Bertz CT molecular complexity index is 517. The van der Waals surface area contributed by atoms with Gasteiger partial charge in [-0.25, -0.2) is 14.3 Å². The molecule has 2 amide bonds. The number of nitrogens with zero attached hydrogens (tertiary/aromatic N) is 5. The molecule has 1 aliphatic heterocycles. The first-order valence-electron chi connectivity index (χ1n) is 6.84.